The smallest absolute Gasteiger partial charge is 0.286 e. The molecule has 0 saturated carbocycles. The zero-order valence-electron chi connectivity index (χ0n) is 15.3. The first-order valence-electron chi connectivity index (χ1n) is 8.71. The monoisotopic (exact) mass is 466 g/mol. The predicted molar refractivity (Wildman–Crippen MR) is 116 cm³/mol. The first kappa shape index (κ1) is 21.9. The molecule has 156 valence electrons. The summed E-state index contributed by atoms with van der Waals surface area (Å²) in [7, 11) is 0. The van der Waals surface area contributed by atoms with Crippen LogP contribution in [-0.4, -0.2) is 28.2 Å². The second-order valence-corrected chi connectivity index (χ2v) is 8.23. The highest BCUT2D eigenvalue weighted by Gasteiger charge is 2.33. The lowest BCUT2D eigenvalue weighted by Gasteiger charge is -2.15. The third-order valence-electron chi connectivity index (χ3n) is 4.07. The topological polar surface area (TPSA) is 116 Å². The third kappa shape index (κ3) is 5.65. The molecule has 3 rings (SSSR count). The molecule has 11 heteroatoms. The SMILES string of the molecule is O=C(Cc1ccccc1Nc1c(Cl)cccc1Cl)NNC(=O)C[C@@H]1SC(=O)NC1=O. The van der Waals surface area contributed by atoms with E-state index in [0.717, 1.165) is 11.8 Å². The number of hydrogen-bond acceptors (Lipinski definition) is 6. The van der Waals surface area contributed by atoms with Crippen molar-refractivity contribution in [1.82, 2.24) is 16.2 Å². The molecule has 4 amide bonds. The van der Waals surface area contributed by atoms with Crippen molar-refractivity contribution >= 4 is 69.3 Å². The first-order valence-corrected chi connectivity index (χ1v) is 10.3. The number of rotatable bonds is 6. The van der Waals surface area contributed by atoms with Crippen molar-refractivity contribution in [2.75, 3.05) is 5.32 Å². The van der Waals surface area contributed by atoms with Crippen molar-refractivity contribution < 1.29 is 19.2 Å². The molecule has 0 aliphatic carbocycles. The minimum absolute atomic E-state index is 0.0390. The van der Waals surface area contributed by atoms with Gasteiger partial charge in [-0.2, -0.15) is 0 Å². The Hall–Kier alpha value is -2.75. The van der Waals surface area contributed by atoms with E-state index in [1.807, 2.05) is 0 Å². The number of anilines is 2. The van der Waals surface area contributed by atoms with Gasteiger partial charge in [-0.05, 0) is 23.8 Å². The summed E-state index contributed by atoms with van der Waals surface area (Å²) < 4.78 is 0. The highest BCUT2D eigenvalue weighted by Crippen LogP contribution is 2.33. The number of benzene rings is 2. The fourth-order valence-electron chi connectivity index (χ4n) is 2.65. The number of hydrazine groups is 1. The van der Waals surface area contributed by atoms with Gasteiger partial charge in [-0.25, -0.2) is 0 Å². The molecular weight excluding hydrogens is 451 g/mol. The van der Waals surface area contributed by atoms with Gasteiger partial charge >= 0.3 is 0 Å². The van der Waals surface area contributed by atoms with Gasteiger partial charge in [0.2, 0.25) is 17.7 Å². The maximum Gasteiger partial charge on any atom is 0.286 e. The number of nitrogens with one attached hydrogen (secondary N) is 4. The van der Waals surface area contributed by atoms with Crippen LogP contribution in [0.5, 0.6) is 0 Å². The van der Waals surface area contributed by atoms with Crippen LogP contribution in [0.15, 0.2) is 42.5 Å². The summed E-state index contributed by atoms with van der Waals surface area (Å²) in [6.45, 7) is 0. The maximum absolute atomic E-state index is 12.3. The molecule has 0 spiro atoms. The molecule has 1 saturated heterocycles. The van der Waals surface area contributed by atoms with Gasteiger partial charge in [0.15, 0.2) is 0 Å². The van der Waals surface area contributed by atoms with E-state index in [9.17, 15) is 19.2 Å². The minimum Gasteiger partial charge on any atom is -0.353 e. The molecular formula is C19H16Cl2N4O4S. The van der Waals surface area contributed by atoms with Crippen LogP contribution in [0.2, 0.25) is 10.0 Å². The van der Waals surface area contributed by atoms with Crippen molar-refractivity contribution in [3.8, 4) is 0 Å². The number of thioether (sulfide) groups is 1. The standard InChI is InChI=1S/C19H16Cl2N4O4S/c20-11-5-3-6-12(21)17(11)22-13-7-2-1-4-10(13)8-15(26)24-25-16(27)9-14-18(28)23-19(29)30-14/h1-7,14,22H,8-9H2,(H,24,26)(H,25,27)(H,23,28,29)/t14-/m0/s1. The molecule has 1 heterocycles. The molecule has 0 aromatic heterocycles. The summed E-state index contributed by atoms with van der Waals surface area (Å²) in [4.78, 5) is 46.8. The van der Waals surface area contributed by atoms with Crippen LogP contribution in [-0.2, 0) is 20.8 Å². The number of carbonyl (C=O) groups is 4. The Morgan fingerprint density at radius 3 is 2.30 bits per heavy atom. The van der Waals surface area contributed by atoms with E-state index in [0.29, 0.717) is 27.0 Å². The van der Waals surface area contributed by atoms with Gasteiger partial charge in [-0.3, -0.25) is 35.3 Å². The summed E-state index contributed by atoms with van der Waals surface area (Å²) in [5.41, 5.74) is 6.35. The fourth-order valence-corrected chi connectivity index (χ4v) is 3.96. The molecule has 1 fully saturated rings. The normalized spacial score (nSPS) is 15.5. The van der Waals surface area contributed by atoms with E-state index in [1.165, 1.54) is 0 Å². The summed E-state index contributed by atoms with van der Waals surface area (Å²) in [5.74, 6) is -1.58. The van der Waals surface area contributed by atoms with E-state index in [-0.39, 0.29) is 12.8 Å². The number of hydrogen-bond donors (Lipinski definition) is 4. The van der Waals surface area contributed by atoms with Crippen LogP contribution < -0.4 is 21.5 Å². The molecule has 1 atom stereocenters. The lowest BCUT2D eigenvalue weighted by molar-refractivity contribution is -0.129. The molecule has 8 nitrogen and oxygen atoms in total. The van der Waals surface area contributed by atoms with Crippen LogP contribution in [0.1, 0.15) is 12.0 Å². The highest BCUT2D eigenvalue weighted by molar-refractivity contribution is 8.15. The number of imide groups is 1. The van der Waals surface area contributed by atoms with Crippen molar-refractivity contribution in [2.45, 2.75) is 18.1 Å². The Balaban J connectivity index is 1.57. The first-order chi connectivity index (χ1) is 14.3. The molecule has 0 bridgehead atoms. The van der Waals surface area contributed by atoms with E-state index < -0.39 is 28.2 Å². The van der Waals surface area contributed by atoms with Crippen molar-refractivity contribution in [2.24, 2.45) is 0 Å². The minimum atomic E-state index is -0.806. The Morgan fingerprint density at radius 1 is 0.967 bits per heavy atom. The zero-order chi connectivity index (χ0) is 21.7. The summed E-state index contributed by atoms with van der Waals surface area (Å²) in [6, 6.07) is 12.2. The van der Waals surface area contributed by atoms with Gasteiger partial charge in [-0.15, -0.1) is 0 Å². The number of para-hydroxylation sites is 2. The van der Waals surface area contributed by atoms with Crippen molar-refractivity contribution in [3.63, 3.8) is 0 Å². The number of halogens is 2. The van der Waals surface area contributed by atoms with Crippen molar-refractivity contribution in [3.05, 3.63) is 58.1 Å². The molecule has 1 aliphatic heterocycles. The van der Waals surface area contributed by atoms with Crippen LogP contribution in [0.25, 0.3) is 0 Å². The van der Waals surface area contributed by atoms with Gasteiger partial charge in [-0.1, -0.05) is 59.2 Å². The van der Waals surface area contributed by atoms with Crippen LogP contribution in [0.4, 0.5) is 16.2 Å². The summed E-state index contributed by atoms with van der Waals surface area (Å²) in [5, 5.41) is 4.78. The second-order valence-electron chi connectivity index (χ2n) is 6.24. The average Bonchev–Trinajstić information content (AvgIpc) is 3.01. The Kier molecular flexibility index (Phi) is 7.20. The van der Waals surface area contributed by atoms with Crippen LogP contribution in [0.3, 0.4) is 0 Å². The second kappa shape index (κ2) is 9.84. The zero-order valence-corrected chi connectivity index (χ0v) is 17.7. The number of amides is 4. The molecule has 1 aliphatic rings. The molecule has 2 aromatic rings. The predicted octanol–water partition coefficient (Wildman–Crippen LogP) is 3.17. The largest absolute Gasteiger partial charge is 0.353 e. The summed E-state index contributed by atoms with van der Waals surface area (Å²) >= 11 is 13.1. The van der Waals surface area contributed by atoms with Crippen LogP contribution in [0, 0.1) is 0 Å². The fraction of sp³-hybridized carbons (Fsp3) is 0.158. The highest BCUT2D eigenvalue weighted by atomic mass is 35.5. The maximum atomic E-state index is 12.3. The molecule has 0 radical (unpaired) electrons. The Labute approximate surface area is 186 Å². The lowest BCUT2D eigenvalue weighted by atomic mass is 10.1. The van der Waals surface area contributed by atoms with E-state index in [2.05, 4.69) is 21.5 Å². The third-order valence-corrected chi connectivity index (χ3v) is 5.68. The van der Waals surface area contributed by atoms with E-state index in [1.54, 1.807) is 42.5 Å². The van der Waals surface area contributed by atoms with Gasteiger partial charge < -0.3 is 5.32 Å². The average molecular weight is 467 g/mol. The Morgan fingerprint density at radius 2 is 1.63 bits per heavy atom. The molecule has 4 N–H and O–H groups in total. The lowest BCUT2D eigenvalue weighted by Crippen LogP contribution is -2.43. The van der Waals surface area contributed by atoms with E-state index in [4.69, 9.17) is 23.2 Å². The quantitative estimate of drug-likeness (QED) is 0.485. The molecule has 0 unspecified atom stereocenters. The van der Waals surface area contributed by atoms with Gasteiger partial charge in [0.25, 0.3) is 5.24 Å². The van der Waals surface area contributed by atoms with Crippen molar-refractivity contribution in [1.29, 1.82) is 0 Å². The molecule has 2 aromatic carbocycles. The van der Waals surface area contributed by atoms with Crippen LogP contribution >= 0.6 is 35.0 Å². The number of carbonyl (C=O) groups excluding carboxylic acids is 4. The summed E-state index contributed by atoms with van der Waals surface area (Å²) in [6.07, 6.45) is -0.270. The van der Waals surface area contributed by atoms with Gasteiger partial charge in [0, 0.05) is 12.1 Å². The molecule has 30 heavy (non-hydrogen) atoms. The van der Waals surface area contributed by atoms with Gasteiger partial charge in [0.05, 0.1) is 22.2 Å². The Bertz CT molecular complexity index is 998. The van der Waals surface area contributed by atoms with E-state index >= 15 is 0 Å². The van der Waals surface area contributed by atoms with Gasteiger partial charge in [0.1, 0.15) is 5.25 Å².